The quantitative estimate of drug-likeness (QED) is 0.742. The highest BCUT2D eigenvalue weighted by atomic mass is 16.5. The Bertz CT molecular complexity index is 285. The summed E-state index contributed by atoms with van der Waals surface area (Å²) in [4.78, 5) is 13.7. The summed E-state index contributed by atoms with van der Waals surface area (Å²) in [5.74, 6) is -0.793. The standard InChI is InChI=1S/C13H26N2O3/c1-5-11-8-18-10(3)7-15(11)9-13(4,12(16)17)14-6-2/h10-11,14H,5-9H2,1-4H3,(H,16,17). The maximum absolute atomic E-state index is 11.4. The van der Waals surface area contributed by atoms with E-state index < -0.39 is 11.5 Å². The smallest absolute Gasteiger partial charge is 0.324 e. The summed E-state index contributed by atoms with van der Waals surface area (Å²) in [5, 5.41) is 12.5. The van der Waals surface area contributed by atoms with Crippen LogP contribution in [0.2, 0.25) is 0 Å². The van der Waals surface area contributed by atoms with Crippen molar-refractivity contribution in [2.45, 2.75) is 51.8 Å². The van der Waals surface area contributed by atoms with Gasteiger partial charge in [0.2, 0.25) is 0 Å². The fourth-order valence-corrected chi connectivity index (χ4v) is 2.48. The van der Waals surface area contributed by atoms with Crippen molar-refractivity contribution in [2.24, 2.45) is 0 Å². The van der Waals surface area contributed by atoms with Crippen molar-refractivity contribution in [3.63, 3.8) is 0 Å². The van der Waals surface area contributed by atoms with Gasteiger partial charge < -0.3 is 15.2 Å². The van der Waals surface area contributed by atoms with Gasteiger partial charge in [-0.25, -0.2) is 0 Å². The Hall–Kier alpha value is -0.650. The topological polar surface area (TPSA) is 61.8 Å². The van der Waals surface area contributed by atoms with Crippen molar-refractivity contribution in [2.75, 3.05) is 26.2 Å². The van der Waals surface area contributed by atoms with Gasteiger partial charge in [0.1, 0.15) is 5.54 Å². The Kier molecular flexibility index (Phi) is 5.56. The number of carbonyl (C=O) groups is 1. The van der Waals surface area contributed by atoms with E-state index in [1.54, 1.807) is 6.92 Å². The first-order valence-corrected chi connectivity index (χ1v) is 6.77. The van der Waals surface area contributed by atoms with Crippen molar-refractivity contribution < 1.29 is 14.6 Å². The van der Waals surface area contributed by atoms with Crippen LogP contribution in [-0.4, -0.2) is 59.9 Å². The number of rotatable bonds is 6. The van der Waals surface area contributed by atoms with Gasteiger partial charge in [0.05, 0.1) is 12.7 Å². The molecule has 5 heteroatoms. The summed E-state index contributed by atoms with van der Waals surface area (Å²) < 4.78 is 5.64. The Morgan fingerprint density at radius 2 is 2.22 bits per heavy atom. The lowest BCUT2D eigenvalue weighted by Crippen LogP contribution is -2.61. The minimum atomic E-state index is -0.890. The first kappa shape index (κ1) is 15.4. The molecule has 0 aromatic rings. The van der Waals surface area contributed by atoms with E-state index in [-0.39, 0.29) is 6.10 Å². The molecule has 0 spiro atoms. The highest BCUT2D eigenvalue weighted by Gasteiger charge is 2.37. The predicted octanol–water partition coefficient (Wildman–Crippen LogP) is 0.939. The van der Waals surface area contributed by atoms with Crippen molar-refractivity contribution in [3.05, 3.63) is 0 Å². The van der Waals surface area contributed by atoms with E-state index in [1.165, 1.54) is 0 Å². The van der Waals surface area contributed by atoms with E-state index in [4.69, 9.17) is 4.74 Å². The zero-order valence-electron chi connectivity index (χ0n) is 11.9. The lowest BCUT2D eigenvalue weighted by atomic mass is 9.99. The molecule has 1 fully saturated rings. The highest BCUT2D eigenvalue weighted by molar-refractivity contribution is 5.78. The van der Waals surface area contributed by atoms with Crippen molar-refractivity contribution >= 4 is 5.97 Å². The number of hydrogen-bond donors (Lipinski definition) is 2. The summed E-state index contributed by atoms with van der Waals surface area (Å²) in [6.07, 6.45) is 1.15. The van der Waals surface area contributed by atoms with Crippen LogP contribution < -0.4 is 5.32 Å². The second kappa shape index (κ2) is 6.50. The van der Waals surface area contributed by atoms with Crippen LogP contribution in [0.4, 0.5) is 0 Å². The van der Waals surface area contributed by atoms with Gasteiger partial charge in [0.25, 0.3) is 0 Å². The third-order valence-corrected chi connectivity index (χ3v) is 3.61. The van der Waals surface area contributed by atoms with Crippen LogP contribution in [0.15, 0.2) is 0 Å². The molecule has 0 aromatic carbocycles. The van der Waals surface area contributed by atoms with Gasteiger partial charge in [0, 0.05) is 19.1 Å². The lowest BCUT2D eigenvalue weighted by molar-refractivity contribution is -0.147. The summed E-state index contributed by atoms with van der Waals surface area (Å²) in [7, 11) is 0. The molecular formula is C13H26N2O3. The summed E-state index contributed by atoms with van der Waals surface area (Å²) in [6, 6.07) is 0.318. The molecule has 1 saturated heterocycles. The second-order valence-corrected chi connectivity index (χ2v) is 5.30. The molecule has 18 heavy (non-hydrogen) atoms. The van der Waals surface area contributed by atoms with E-state index in [0.29, 0.717) is 25.7 Å². The van der Waals surface area contributed by atoms with Gasteiger partial charge in [-0.15, -0.1) is 0 Å². The third-order valence-electron chi connectivity index (χ3n) is 3.61. The maximum atomic E-state index is 11.4. The molecule has 0 saturated carbocycles. The van der Waals surface area contributed by atoms with Crippen molar-refractivity contribution in [3.8, 4) is 0 Å². The van der Waals surface area contributed by atoms with Crippen LogP contribution in [0.5, 0.6) is 0 Å². The zero-order chi connectivity index (χ0) is 13.8. The van der Waals surface area contributed by atoms with E-state index in [1.807, 2.05) is 13.8 Å². The van der Waals surface area contributed by atoms with Crippen LogP contribution in [0.3, 0.4) is 0 Å². The number of nitrogens with one attached hydrogen (secondary N) is 1. The fourth-order valence-electron chi connectivity index (χ4n) is 2.48. The molecule has 3 unspecified atom stereocenters. The zero-order valence-corrected chi connectivity index (χ0v) is 11.9. The molecule has 2 N–H and O–H groups in total. The van der Waals surface area contributed by atoms with E-state index in [2.05, 4.69) is 17.1 Å². The van der Waals surface area contributed by atoms with Crippen LogP contribution in [0.25, 0.3) is 0 Å². The van der Waals surface area contributed by atoms with E-state index in [0.717, 1.165) is 13.0 Å². The lowest BCUT2D eigenvalue weighted by Gasteiger charge is -2.42. The Morgan fingerprint density at radius 1 is 1.56 bits per heavy atom. The number of morpholine rings is 1. The average Bonchev–Trinajstić information content (AvgIpc) is 2.29. The number of nitrogens with zero attached hydrogens (tertiary/aromatic N) is 1. The molecule has 0 aliphatic carbocycles. The normalized spacial score (nSPS) is 28.9. The molecule has 3 atom stereocenters. The van der Waals surface area contributed by atoms with E-state index in [9.17, 15) is 9.90 Å². The van der Waals surface area contributed by atoms with Crippen LogP contribution in [-0.2, 0) is 9.53 Å². The van der Waals surface area contributed by atoms with Gasteiger partial charge >= 0.3 is 5.97 Å². The number of ether oxygens (including phenoxy) is 1. The second-order valence-electron chi connectivity index (χ2n) is 5.30. The summed E-state index contributed by atoms with van der Waals surface area (Å²) >= 11 is 0. The van der Waals surface area contributed by atoms with Crippen LogP contribution in [0.1, 0.15) is 34.1 Å². The first-order valence-electron chi connectivity index (χ1n) is 6.77. The van der Waals surface area contributed by atoms with Gasteiger partial charge in [0.15, 0.2) is 0 Å². The molecule has 0 radical (unpaired) electrons. The van der Waals surface area contributed by atoms with E-state index >= 15 is 0 Å². The first-order chi connectivity index (χ1) is 8.42. The molecule has 1 rings (SSSR count). The Balaban J connectivity index is 2.74. The molecule has 1 aliphatic rings. The molecule has 1 heterocycles. The average molecular weight is 258 g/mol. The molecular weight excluding hydrogens is 232 g/mol. The SMILES string of the molecule is CCNC(C)(CN1CC(C)OCC1CC)C(=O)O. The molecule has 106 valence electrons. The van der Waals surface area contributed by atoms with Crippen molar-refractivity contribution in [1.29, 1.82) is 0 Å². The van der Waals surface area contributed by atoms with Gasteiger partial charge in [-0.2, -0.15) is 0 Å². The largest absolute Gasteiger partial charge is 0.480 e. The van der Waals surface area contributed by atoms with Gasteiger partial charge in [-0.1, -0.05) is 13.8 Å². The van der Waals surface area contributed by atoms with Crippen molar-refractivity contribution in [1.82, 2.24) is 10.2 Å². The highest BCUT2D eigenvalue weighted by Crippen LogP contribution is 2.18. The minimum absolute atomic E-state index is 0.174. The predicted molar refractivity (Wildman–Crippen MR) is 70.8 cm³/mol. The molecule has 5 nitrogen and oxygen atoms in total. The van der Waals surface area contributed by atoms with Crippen LogP contribution in [0, 0.1) is 0 Å². The number of likely N-dealkylation sites (N-methyl/N-ethyl adjacent to an activating group) is 1. The Morgan fingerprint density at radius 3 is 2.72 bits per heavy atom. The molecule has 0 amide bonds. The molecule has 0 bridgehead atoms. The number of carboxylic acids is 1. The van der Waals surface area contributed by atoms with Gasteiger partial charge in [-0.3, -0.25) is 9.69 Å². The maximum Gasteiger partial charge on any atom is 0.324 e. The van der Waals surface area contributed by atoms with Crippen LogP contribution >= 0.6 is 0 Å². The van der Waals surface area contributed by atoms with Gasteiger partial charge in [-0.05, 0) is 26.8 Å². The number of hydrogen-bond acceptors (Lipinski definition) is 4. The summed E-state index contributed by atoms with van der Waals surface area (Å²) in [6.45, 7) is 10.5. The Labute approximate surface area is 109 Å². The number of carboxylic acid groups (broad SMARTS) is 1. The number of aliphatic carboxylic acids is 1. The molecule has 1 aliphatic heterocycles. The monoisotopic (exact) mass is 258 g/mol. The minimum Gasteiger partial charge on any atom is -0.480 e. The summed E-state index contributed by atoms with van der Waals surface area (Å²) in [5.41, 5.74) is -0.890. The fraction of sp³-hybridized carbons (Fsp3) is 0.923. The molecule has 0 aromatic heterocycles. The third kappa shape index (κ3) is 3.67.